The summed E-state index contributed by atoms with van der Waals surface area (Å²) in [4.78, 5) is 88.3. The Kier molecular flexibility index (Phi) is 19.5. The van der Waals surface area contributed by atoms with E-state index < -0.39 is 35.7 Å². The number of methoxy groups -OCH3 is 1. The Morgan fingerprint density at radius 3 is 1.96 bits per heavy atom. The number of nitrogens with one attached hydrogen (secondary N) is 1. The summed E-state index contributed by atoms with van der Waals surface area (Å²) in [5, 5.41) is 12.9. The number of nitrogens with zero attached hydrogens (tertiary/aromatic N) is 5. The maximum Gasteiger partial charge on any atom is 0.508 e. The van der Waals surface area contributed by atoms with E-state index in [1.165, 1.54) is 0 Å². The molecule has 1 N–H and O–H groups in total. The molecule has 0 radical (unpaired) electrons. The minimum absolute atomic E-state index is 0.00859. The highest BCUT2D eigenvalue weighted by molar-refractivity contribution is 6.31. The van der Waals surface area contributed by atoms with E-state index in [1.807, 2.05) is 30.3 Å². The van der Waals surface area contributed by atoms with Gasteiger partial charge in [-0.15, -0.1) is 0 Å². The van der Waals surface area contributed by atoms with Gasteiger partial charge in [-0.25, -0.2) is 4.79 Å². The normalized spacial score (nSPS) is 22.3. The Bertz CT molecular complexity index is 2660. The second kappa shape index (κ2) is 26.2. The van der Waals surface area contributed by atoms with Gasteiger partial charge in [-0.1, -0.05) is 39.3 Å². The third-order valence-electron chi connectivity index (χ3n) is 16.0. The molecule has 0 aromatic heterocycles. The molecule has 3 amide bonds. The van der Waals surface area contributed by atoms with E-state index >= 15 is 0 Å². The first kappa shape index (κ1) is 58.0. The molecular formula is C58H73ClN6O13. The van der Waals surface area contributed by atoms with Crippen molar-refractivity contribution in [3.8, 4) is 11.8 Å². The monoisotopic (exact) mass is 1100 g/mol. The molecule has 2 saturated heterocycles. The van der Waals surface area contributed by atoms with E-state index in [2.05, 4.69) is 53.8 Å². The van der Waals surface area contributed by atoms with Crippen LogP contribution in [-0.2, 0) is 38.0 Å². The molecule has 2 unspecified atom stereocenters. The molecule has 5 aliphatic rings. The van der Waals surface area contributed by atoms with Crippen LogP contribution in [0.25, 0.3) is 0 Å². The quantitative estimate of drug-likeness (QED) is 0.0457. The molecule has 20 heteroatoms. The number of benzene rings is 3. The van der Waals surface area contributed by atoms with E-state index in [1.54, 1.807) is 37.4 Å². The molecule has 19 nitrogen and oxygen atoms in total. The lowest BCUT2D eigenvalue weighted by molar-refractivity contribution is -0.164. The van der Waals surface area contributed by atoms with Crippen molar-refractivity contribution in [2.24, 2.45) is 22.7 Å². The number of hydrogen-bond donors (Lipinski definition) is 1. The molecule has 420 valence electrons. The number of carbonyl (C=O) groups excluding carboxylic acids is 6. The average molecular weight is 1100 g/mol. The zero-order valence-corrected chi connectivity index (χ0v) is 46.2. The number of anilines is 2. The number of rotatable bonds is 23. The lowest BCUT2D eigenvalue weighted by atomic mass is 9.49. The predicted octanol–water partition coefficient (Wildman–Crippen LogP) is 6.61. The number of piperidine rings is 1. The molecule has 78 heavy (non-hydrogen) atoms. The number of amides is 3. The van der Waals surface area contributed by atoms with Gasteiger partial charge in [-0.05, 0) is 79.8 Å². The molecule has 2 saturated carbocycles. The van der Waals surface area contributed by atoms with Crippen molar-refractivity contribution in [3.63, 3.8) is 0 Å². The van der Waals surface area contributed by atoms with E-state index in [0.717, 1.165) is 74.9 Å². The van der Waals surface area contributed by atoms with Crippen molar-refractivity contribution in [2.45, 2.75) is 78.0 Å². The summed E-state index contributed by atoms with van der Waals surface area (Å²) in [6.07, 6.45) is 0.541. The predicted molar refractivity (Wildman–Crippen MR) is 289 cm³/mol. The van der Waals surface area contributed by atoms with Crippen LogP contribution < -0.4 is 19.9 Å². The molecular weight excluding hydrogens is 1020 g/mol. The summed E-state index contributed by atoms with van der Waals surface area (Å²) in [7, 11) is 1.60. The van der Waals surface area contributed by atoms with Gasteiger partial charge in [0.15, 0.2) is 5.78 Å². The number of carbonyl (C=O) groups is 6. The van der Waals surface area contributed by atoms with Crippen LogP contribution in [0.4, 0.5) is 16.2 Å². The van der Waals surface area contributed by atoms with Gasteiger partial charge >= 0.3 is 6.16 Å². The van der Waals surface area contributed by atoms with Gasteiger partial charge in [0.2, 0.25) is 0 Å². The van der Waals surface area contributed by atoms with Crippen LogP contribution >= 0.6 is 11.6 Å². The molecule has 2 aliphatic carbocycles. The van der Waals surface area contributed by atoms with Gasteiger partial charge in [-0.3, -0.25) is 33.8 Å². The van der Waals surface area contributed by atoms with Gasteiger partial charge in [0, 0.05) is 106 Å². The van der Waals surface area contributed by atoms with E-state index in [9.17, 15) is 34.0 Å². The summed E-state index contributed by atoms with van der Waals surface area (Å²) < 4.78 is 37.6. The largest absolute Gasteiger partial charge is 0.508 e. The number of ketones is 2. The van der Waals surface area contributed by atoms with Gasteiger partial charge < -0.3 is 48.3 Å². The fourth-order valence-electron chi connectivity index (χ4n) is 11.9. The smallest absolute Gasteiger partial charge is 0.489 e. The summed E-state index contributed by atoms with van der Waals surface area (Å²) >= 11 is 6.27. The number of piperazine rings is 1. The van der Waals surface area contributed by atoms with Crippen LogP contribution in [0, 0.1) is 34.0 Å². The maximum atomic E-state index is 13.9. The minimum atomic E-state index is -1.11. The highest BCUT2D eigenvalue weighted by Crippen LogP contribution is 2.55. The number of ether oxygens (including phenoxy) is 7. The van der Waals surface area contributed by atoms with E-state index in [4.69, 9.17) is 44.8 Å². The Balaban J connectivity index is 0.730. The molecule has 3 aliphatic heterocycles. The Morgan fingerprint density at radius 2 is 1.32 bits per heavy atom. The molecule has 2 atom stereocenters. The van der Waals surface area contributed by atoms with Crippen LogP contribution in [0.2, 0.25) is 5.02 Å². The van der Waals surface area contributed by atoms with Gasteiger partial charge in [0.25, 0.3) is 17.7 Å². The van der Waals surface area contributed by atoms with E-state index in [-0.39, 0.29) is 91.5 Å². The highest BCUT2D eigenvalue weighted by atomic mass is 35.5. The van der Waals surface area contributed by atoms with E-state index in [0.29, 0.717) is 60.9 Å². The zero-order valence-electron chi connectivity index (χ0n) is 45.4. The summed E-state index contributed by atoms with van der Waals surface area (Å²) in [6.45, 7) is 16.5. The van der Waals surface area contributed by atoms with Crippen LogP contribution in [-0.4, -0.2) is 176 Å². The molecule has 8 rings (SSSR count). The Labute approximate surface area is 461 Å². The number of halogens is 1. The fourth-order valence-corrected chi connectivity index (χ4v) is 12.1. The van der Waals surface area contributed by atoms with Crippen molar-refractivity contribution in [3.05, 3.63) is 87.9 Å². The minimum Gasteiger partial charge on any atom is -0.489 e. The van der Waals surface area contributed by atoms with Crippen LogP contribution in [0.3, 0.4) is 0 Å². The summed E-state index contributed by atoms with van der Waals surface area (Å²) in [5.41, 5.74) is 2.64. The van der Waals surface area contributed by atoms with Crippen LogP contribution in [0.5, 0.6) is 5.75 Å². The van der Waals surface area contributed by atoms with Gasteiger partial charge in [0.1, 0.15) is 36.9 Å². The third kappa shape index (κ3) is 13.6. The second-order valence-electron chi connectivity index (χ2n) is 21.9. The maximum absolute atomic E-state index is 13.9. The Hall–Kier alpha value is -6.14. The van der Waals surface area contributed by atoms with Crippen molar-refractivity contribution in [2.75, 3.05) is 122 Å². The van der Waals surface area contributed by atoms with Crippen molar-refractivity contribution in [1.82, 2.24) is 15.1 Å². The zero-order chi connectivity index (χ0) is 55.6. The highest BCUT2D eigenvalue weighted by Gasteiger charge is 2.64. The standard InChI is InChI=1S/C58H73ClN6O13/c1-57(2)54(58(3,4)55(57)78-44-12-8-40(35-60)47(59)34-44)61-51(68)39-6-9-42(10-7-39)63-18-16-38(17-19-63)36-62-20-22-64(23-21-62)43-11-13-45-46(33-43)53(70)65(52(45)69)48-14-15-49(66)41(32-50(48)67)37-77-56(71)76-31-30-75-29-28-74-27-26-73-25-24-72-5/h6-13,33-34,38,41,48,54-55H,14-32,36-37H2,1-5H3,(H,61,68)/t41?,48?,54-,55-. The number of hydrogen-bond acceptors (Lipinski definition) is 17. The van der Waals surface area contributed by atoms with Crippen LogP contribution in [0.15, 0.2) is 60.7 Å². The molecule has 3 aromatic rings. The second-order valence-corrected chi connectivity index (χ2v) is 22.3. The SMILES string of the molecule is COCCOCCOCCOCCOC(=O)OCC1CC(=O)C(N2C(=O)c3ccc(N4CCN(CC5CCN(c6ccc(C(=O)N[C@H]7C(C)(C)[C@H](Oc8ccc(C#N)c(Cl)c8)C7(C)C)cc6)CC5)CC4)cc3C2=O)CCC1=O. The lowest BCUT2D eigenvalue weighted by Gasteiger charge is -2.63. The first-order valence-electron chi connectivity index (χ1n) is 27.1. The molecule has 0 spiro atoms. The average Bonchev–Trinajstić information content (AvgIpc) is 3.75. The van der Waals surface area contributed by atoms with Crippen molar-refractivity contribution < 1.29 is 61.9 Å². The van der Waals surface area contributed by atoms with Crippen LogP contribution in [0.1, 0.15) is 96.4 Å². The topological polar surface area (TPSA) is 216 Å². The van der Waals surface area contributed by atoms with Crippen molar-refractivity contribution in [1.29, 1.82) is 5.26 Å². The Morgan fingerprint density at radius 1 is 0.705 bits per heavy atom. The first-order chi connectivity index (χ1) is 37.5. The summed E-state index contributed by atoms with van der Waals surface area (Å²) in [6, 6.07) is 19.0. The number of fused-ring (bicyclic) bond motifs is 1. The van der Waals surface area contributed by atoms with Crippen molar-refractivity contribution >= 4 is 58.4 Å². The third-order valence-corrected chi connectivity index (χ3v) is 16.3. The molecule has 0 bridgehead atoms. The molecule has 3 heterocycles. The lowest BCUT2D eigenvalue weighted by Crippen LogP contribution is -2.74. The van der Waals surface area contributed by atoms with Gasteiger partial charge in [0.05, 0.1) is 79.9 Å². The number of nitriles is 1. The molecule has 3 aromatic carbocycles. The summed E-state index contributed by atoms with van der Waals surface area (Å²) in [5.74, 6) is -1.78. The fraction of sp³-hybridized carbons (Fsp3) is 0.569. The molecule has 4 fully saturated rings. The number of Topliss-reactive ketones (excluding diaryl/α,β-unsaturated/α-hetero) is 2. The number of imide groups is 1. The van der Waals surface area contributed by atoms with Gasteiger partial charge in [-0.2, -0.15) is 5.26 Å². The first-order valence-corrected chi connectivity index (χ1v) is 27.5.